The normalized spacial score (nSPS) is 11.1. The number of nitrogens with one attached hydrogen (secondary N) is 1. The van der Waals surface area contributed by atoms with Crippen LogP contribution in [0.2, 0.25) is 0 Å². The maximum atomic E-state index is 13.8. The highest BCUT2D eigenvalue weighted by Gasteiger charge is 2.10. The molecule has 1 amide bonds. The molecule has 8 heteroatoms. The van der Waals surface area contributed by atoms with E-state index in [1.54, 1.807) is 54.7 Å². The van der Waals surface area contributed by atoms with Gasteiger partial charge in [-0.1, -0.05) is 48.5 Å². The third kappa shape index (κ3) is 6.82. The molecule has 0 saturated heterocycles. The highest BCUT2D eigenvalue weighted by Crippen LogP contribution is 2.12. The summed E-state index contributed by atoms with van der Waals surface area (Å²) in [7, 11) is 0. The minimum atomic E-state index is -0.496. The summed E-state index contributed by atoms with van der Waals surface area (Å²) in [6.07, 6.45) is 6.09. The fourth-order valence-electron chi connectivity index (χ4n) is 3.10. The Balaban J connectivity index is 1.27. The third-order valence-corrected chi connectivity index (χ3v) is 4.85. The number of amides is 1. The summed E-state index contributed by atoms with van der Waals surface area (Å²) in [6.45, 7) is 0.211. The lowest BCUT2D eigenvalue weighted by Gasteiger charge is -2.03. The van der Waals surface area contributed by atoms with Crippen molar-refractivity contribution in [2.75, 3.05) is 0 Å². The molecule has 0 radical (unpaired) electrons. The number of hydrogen-bond donors (Lipinski definition) is 1. The van der Waals surface area contributed by atoms with E-state index in [1.165, 1.54) is 29.1 Å². The summed E-state index contributed by atoms with van der Waals surface area (Å²) >= 11 is 0. The largest absolute Gasteiger partial charge is 0.423 e. The molecule has 0 aliphatic carbocycles. The monoisotopic (exact) mass is 468 g/mol. The van der Waals surface area contributed by atoms with E-state index in [0.29, 0.717) is 16.9 Å². The quantitative estimate of drug-likeness (QED) is 0.136. The van der Waals surface area contributed by atoms with Gasteiger partial charge in [0.25, 0.3) is 5.91 Å². The first-order valence-corrected chi connectivity index (χ1v) is 10.7. The van der Waals surface area contributed by atoms with E-state index >= 15 is 0 Å². The molecule has 1 aromatic heterocycles. The fraction of sp³-hybridized carbons (Fsp3) is 0.0370. The Hall–Kier alpha value is -4.85. The van der Waals surface area contributed by atoms with Crippen LogP contribution in [0.3, 0.4) is 0 Å². The van der Waals surface area contributed by atoms with Crippen LogP contribution < -0.4 is 10.2 Å². The van der Waals surface area contributed by atoms with Crippen molar-refractivity contribution in [2.45, 2.75) is 6.54 Å². The number of rotatable bonds is 8. The van der Waals surface area contributed by atoms with E-state index in [2.05, 4.69) is 15.6 Å². The van der Waals surface area contributed by atoms with Crippen LogP contribution in [0.1, 0.15) is 27.2 Å². The minimum Gasteiger partial charge on any atom is -0.423 e. The second-order valence-electron chi connectivity index (χ2n) is 7.42. The Morgan fingerprint density at radius 2 is 1.69 bits per heavy atom. The van der Waals surface area contributed by atoms with Crippen molar-refractivity contribution in [3.63, 3.8) is 0 Å². The molecule has 174 valence electrons. The maximum absolute atomic E-state index is 13.8. The van der Waals surface area contributed by atoms with Gasteiger partial charge in [0, 0.05) is 17.8 Å². The van der Waals surface area contributed by atoms with Gasteiger partial charge in [-0.25, -0.2) is 14.6 Å². The van der Waals surface area contributed by atoms with Crippen molar-refractivity contribution in [3.8, 4) is 5.75 Å². The van der Waals surface area contributed by atoms with Crippen molar-refractivity contribution >= 4 is 24.2 Å². The van der Waals surface area contributed by atoms with Gasteiger partial charge in [0.15, 0.2) is 5.69 Å². The Labute approximate surface area is 201 Å². The molecule has 3 aromatic carbocycles. The zero-order valence-electron chi connectivity index (χ0n) is 18.5. The molecule has 0 atom stereocenters. The number of ether oxygens (including phenoxy) is 1. The van der Waals surface area contributed by atoms with Crippen LogP contribution in [0.4, 0.5) is 4.39 Å². The molecule has 35 heavy (non-hydrogen) atoms. The first-order chi connectivity index (χ1) is 17.1. The topological polar surface area (TPSA) is 85.6 Å². The molecule has 7 nitrogen and oxygen atoms in total. The van der Waals surface area contributed by atoms with Crippen molar-refractivity contribution in [1.82, 2.24) is 15.2 Å². The van der Waals surface area contributed by atoms with Crippen molar-refractivity contribution in [3.05, 3.63) is 125 Å². The maximum Gasteiger partial charge on any atom is 0.336 e. The lowest BCUT2D eigenvalue weighted by atomic mass is 10.2. The predicted molar refractivity (Wildman–Crippen MR) is 130 cm³/mol. The standard InChI is InChI=1S/C27H21FN4O3/c28-24-9-5-4-8-22(24)19-32-17-16-25(31-32)27(34)30-29-18-21-10-13-23(14-11-21)35-26(33)15-12-20-6-2-1-3-7-20/h1-18H,19H2,(H,30,34)/b15-12+,29-18-. The molecule has 0 saturated carbocycles. The van der Waals surface area contributed by atoms with E-state index in [-0.39, 0.29) is 18.1 Å². The van der Waals surface area contributed by atoms with Gasteiger partial charge >= 0.3 is 5.97 Å². The predicted octanol–water partition coefficient (Wildman–Crippen LogP) is 4.45. The van der Waals surface area contributed by atoms with E-state index in [1.807, 2.05) is 30.3 Å². The van der Waals surface area contributed by atoms with Crippen LogP contribution in [0.25, 0.3) is 6.08 Å². The number of carbonyl (C=O) groups excluding carboxylic acids is 2. The van der Waals surface area contributed by atoms with Gasteiger partial charge in [-0.05, 0) is 53.6 Å². The van der Waals surface area contributed by atoms with Gasteiger partial charge in [0.1, 0.15) is 11.6 Å². The van der Waals surface area contributed by atoms with Crippen LogP contribution in [0.15, 0.2) is 102 Å². The molecular formula is C27H21FN4O3. The van der Waals surface area contributed by atoms with Gasteiger partial charge in [-0.2, -0.15) is 10.2 Å². The summed E-state index contributed by atoms with van der Waals surface area (Å²) in [4.78, 5) is 24.2. The number of benzene rings is 3. The molecule has 0 aliphatic heterocycles. The highest BCUT2D eigenvalue weighted by molar-refractivity contribution is 5.93. The van der Waals surface area contributed by atoms with E-state index in [0.717, 1.165) is 5.56 Å². The van der Waals surface area contributed by atoms with Crippen LogP contribution in [0.5, 0.6) is 5.75 Å². The van der Waals surface area contributed by atoms with E-state index < -0.39 is 11.9 Å². The number of hydrogen-bond acceptors (Lipinski definition) is 5. The average Bonchev–Trinajstić information content (AvgIpc) is 3.35. The Morgan fingerprint density at radius 1 is 0.943 bits per heavy atom. The second-order valence-corrected chi connectivity index (χ2v) is 7.42. The number of hydrazone groups is 1. The van der Waals surface area contributed by atoms with Crippen molar-refractivity contribution < 1.29 is 18.7 Å². The number of esters is 1. The van der Waals surface area contributed by atoms with Crippen molar-refractivity contribution in [1.29, 1.82) is 0 Å². The Morgan fingerprint density at radius 3 is 2.46 bits per heavy atom. The molecule has 1 heterocycles. The van der Waals surface area contributed by atoms with Crippen LogP contribution in [-0.2, 0) is 11.3 Å². The number of nitrogens with zero attached hydrogens (tertiary/aromatic N) is 3. The zero-order chi connectivity index (χ0) is 24.5. The number of halogens is 1. The van der Waals surface area contributed by atoms with Gasteiger partial charge in [0.2, 0.25) is 0 Å². The lowest BCUT2D eigenvalue weighted by Crippen LogP contribution is -2.18. The van der Waals surface area contributed by atoms with Gasteiger partial charge in [-0.15, -0.1) is 0 Å². The summed E-state index contributed by atoms with van der Waals surface area (Å²) in [6, 6.07) is 24.0. The molecule has 4 rings (SSSR count). The first-order valence-electron chi connectivity index (χ1n) is 10.7. The van der Waals surface area contributed by atoms with Crippen LogP contribution in [0, 0.1) is 5.82 Å². The summed E-state index contributed by atoms with van der Waals surface area (Å²) < 4.78 is 20.5. The summed E-state index contributed by atoms with van der Waals surface area (Å²) in [5.74, 6) is -0.932. The van der Waals surface area contributed by atoms with Gasteiger partial charge in [0.05, 0.1) is 12.8 Å². The summed E-state index contributed by atoms with van der Waals surface area (Å²) in [5, 5.41) is 8.08. The highest BCUT2D eigenvalue weighted by atomic mass is 19.1. The van der Waals surface area contributed by atoms with Gasteiger partial charge in [-0.3, -0.25) is 9.48 Å². The van der Waals surface area contributed by atoms with Crippen molar-refractivity contribution in [2.24, 2.45) is 5.10 Å². The molecule has 4 aromatic rings. The zero-order valence-corrected chi connectivity index (χ0v) is 18.5. The van der Waals surface area contributed by atoms with E-state index in [9.17, 15) is 14.0 Å². The fourth-order valence-corrected chi connectivity index (χ4v) is 3.10. The molecular weight excluding hydrogens is 447 g/mol. The Kier molecular flexibility index (Phi) is 7.55. The molecule has 0 aliphatic rings. The Bertz CT molecular complexity index is 1360. The minimum absolute atomic E-state index is 0.157. The van der Waals surface area contributed by atoms with Gasteiger partial charge < -0.3 is 4.74 Å². The average molecular weight is 468 g/mol. The number of carbonyl (C=O) groups is 2. The van der Waals surface area contributed by atoms with E-state index in [4.69, 9.17) is 4.74 Å². The molecule has 0 unspecified atom stereocenters. The molecule has 1 N–H and O–H groups in total. The molecule has 0 fully saturated rings. The van der Waals surface area contributed by atoms with Crippen LogP contribution >= 0.6 is 0 Å². The smallest absolute Gasteiger partial charge is 0.336 e. The number of aromatic nitrogens is 2. The molecule has 0 spiro atoms. The second kappa shape index (κ2) is 11.3. The summed E-state index contributed by atoms with van der Waals surface area (Å²) in [5.41, 5.74) is 4.62. The third-order valence-electron chi connectivity index (χ3n) is 4.85. The van der Waals surface area contributed by atoms with Crippen LogP contribution in [-0.4, -0.2) is 27.9 Å². The first kappa shape index (κ1) is 23.3. The molecule has 0 bridgehead atoms. The lowest BCUT2D eigenvalue weighted by molar-refractivity contribution is -0.128. The SMILES string of the molecule is O=C(/C=C/c1ccccc1)Oc1ccc(/C=N\NC(=O)c2ccn(Cc3ccccc3F)n2)cc1.